The number of rotatable bonds is 5. The molecule has 0 aliphatic carbocycles. The van der Waals surface area contributed by atoms with Crippen molar-refractivity contribution in [3.8, 4) is 22.9 Å². The second kappa shape index (κ2) is 7.84. The number of aromatic amines is 1. The van der Waals surface area contributed by atoms with Gasteiger partial charge >= 0.3 is 0 Å². The molecule has 0 fully saturated rings. The van der Waals surface area contributed by atoms with Gasteiger partial charge in [0.1, 0.15) is 0 Å². The predicted molar refractivity (Wildman–Crippen MR) is 108 cm³/mol. The minimum Gasteiger partial charge on any atom is -0.504 e. The summed E-state index contributed by atoms with van der Waals surface area (Å²) in [6.07, 6.45) is 1.52. The lowest BCUT2D eigenvalue weighted by Crippen LogP contribution is -1.97. The van der Waals surface area contributed by atoms with Gasteiger partial charge < -0.3 is 9.84 Å². The Kier molecular flexibility index (Phi) is 5.53. The number of halogens is 1. The van der Waals surface area contributed by atoms with Gasteiger partial charge in [-0.05, 0) is 38.2 Å². The Labute approximate surface area is 164 Å². The van der Waals surface area contributed by atoms with Crippen molar-refractivity contribution in [3.05, 3.63) is 56.8 Å². The monoisotopic (exact) mass is 432 g/mol. The molecule has 0 saturated carbocycles. The van der Waals surface area contributed by atoms with E-state index in [2.05, 4.69) is 31.2 Å². The Morgan fingerprint density at radius 2 is 2.08 bits per heavy atom. The van der Waals surface area contributed by atoms with Crippen LogP contribution in [0.4, 0.5) is 0 Å². The van der Waals surface area contributed by atoms with Crippen molar-refractivity contribution in [2.75, 3.05) is 6.61 Å². The number of phenolic OH excluding ortho intramolecular Hbond substituents is 1. The number of H-pyrrole nitrogens is 1. The molecule has 3 aromatic rings. The summed E-state index contributed by atoms with van der Waals surface area (Å²) < 4.78 is 8.08. The van der Waals surface area contributed by atoms with Crippen LogP contribution >= 0.6 is 28.1 Å². The van der Waals surface area contributed by atoms with Crippen molar-refractivity contribution in [3.63, 3.8) is 0 Å². The van der Waals surface area contributed by atoms with Crippen LogP contribution in [0.1, 0.15) is 18.1 Å². The van der Waals surface area contributed by atoms with Crippen LogP contribution in [-0.4, -0.2) is 32.8 Å². The number of ether oxygens (including phenoxy) is 1. The van der Waals surface area contributed by atoms with Gasteiger partial charge in [0.15, 0.2) is 17.3 Å². The highest BCUT2D eigenvalue weighted by molar-refractivity contribution is 9.10. The van der Waals surface area contributed by atoms with Gasteiger partial charge in [-0.25, -0.2) is 5.10 Å². The molecule has 0 unspecified atom stereocenters. The van der Waals surface area contributed by atoms with Crippen LogP contribution in [0.5, 0.6) is 11.5 Å². The van der Waals surface area contributed by atoms with E-state index >= 15 is 0 Å². The van der Waals surface area contributed by atoms with E-state index in [9.17, 15) is 5.11 Å². The van der Waals surface area contributed by atoms with Crippen molar-refractivity contribution in [1.82, 2.24) is 14.9 Å². The van der Waals surface area contributed by atoms with Crippen molar-refractivity contribution in [2.24, 2.45) is 5.10 Å². The number of aromatic nitrogens is 3. The van der Waals surface area contributed by atoms with Crippen LogP contribution in [0.2, 0.25) is 0 Å². The molecule has 8 heteroatoms. The van der Waals surface area contributed by atoms with Crippen LogP contribution in [-0.2, 0) is 0 Å². The second-order valence-corrected chi connectivity index (χ2v) is 6.85. The SMILES string of the molecule is CCOc1cc(Br)cc(C=Nn2c(-c3ccc(C)cc3)n[nH]c2=S)c1O. The first kappa shape index (κ1) is 18.3. The Hall–Kier alpha value is -2.45. The average Bonchev–Trinajstić information content (AvgIpc) is 2.98. The largest absolute Gasteiger partial charge is 0.504 e. The van der Waals surface area contributed by atoms with Crippen LogP contribution in [0, 0.1) is 11.7 Å². The molecule has 3 rings (SSSR count). The lowest BCUT2D eigenvalue weighted by molar-refractivity contribution is 0.317. The lowest BCUT2D eigenvalue weighted by atomic mass is 10.1. The van der Waals surface area contributed by atoms with Gasteiger partial charge in [0.25, 0.3) is 0 Å². The Bertz CT molecular complexity index is 1010. The van der Waals surface area contributed by atoms with Gasteiger partial charge in [-0.3, -0.25) is 0 Å². The molecule has 1 heterocycles. The van der Waals surface area contributed by atoms with E-state index in [-0.39, 0.29) is 5.75 Å². The molecular weight excluding hydrogens is 416 g/mol. The molecule has 0 radical (unpaired) electrons. The zero-order chi connectivity index (χ0) is 18.7. The van der Waals surface area contributed by atoms with Gasteiger partial charge in [-0.2, -0.15) is 14.9 Å². The van der Waals surface area contributed by atoms with Crippen LogP contribution in [0.15, 0.2) is 46.0 Å². The molecule has 2 aromatic carbocycles. The standard InChI is InChI=1S/C18H17BrN4O2S/c1-3-25-15-9-14(19)8-13(16(15)24)10-20-23-17(21-22-18(23)26)12-6-4-11(2)5-7-12/h4-10,24H,3H2,1-2H3,(H,22,26). The summed E-state index contributed by atoms with van der Waals surface area (Å²) in [5.41, 5.74) is 2.54. The average molecular weight is 433 g/mol. The van der Waals surface area contributed by atoms with E-state index in [0.29, 0.717) is 28.5 Å². The molecule has 0 aliphatic rings. The highest BCUT2D eigenvalue weighted by Gasteiger charge is 2.11. The molecule has 2 N–H and O–H groups in total. The molecule has 0 bridgehead atoms. The fraction of sp³-hybridized carbons (Fsp3) is 0.167. The topological polar surface area (TPSA) is 75.4 Å². The zero-order valence-corrected chi connectivity index (χ0v) is 16.6. The fourth-order valence-electron chi connectivity index (χ4n) is 2.37. The van der Waals surface area contributed by atoms with Crippen molar-refractivity contribution in [1.29, 1.82) is 0 Å². The summed E-state index contributed by atoms with van der Waals surface area (Å²) >= 11 is 8.68. The molecule has 0 saturated heterocycles. The van der Waals surface area contributed by atoms with Gasteiger partial charge in [0.05, 0.1) is 12.8 Å². The van der Waals surface area contributed by atoms with Crippen molar-refractivity contribution >= 4 is 34.4 Å². The number of phenols is 1. The number of nitrogens with one attached hydrogen (secondary N) is 1. The third-order valence-corrected chi connectivity index (χ3v) is 4.36. The highest BCUT2D eigenvalue weighted by Crippen LogP contribution is 2.33. The van der Waals surface area contributed by atoms with Crippen LogP contribution < -0.4 is 4.74 Å². The number of hydrogen-bond acceptors (Lipinski definition) is 5. The lowest BCUT2D eigenvalue weighted by Gasteiger charge is -2.08. The maximum Gasteiger partial charge on any atom is 0.216 e. The van der Waals surface area contributed by atoms with Gasteiger partial charge in [0.2, 0.25) is 4.77 Å². The highest BCUT2D eigenvalue weighted by atomic mass is 79.9. The third kappa shape index (κ3) is 3.86. The van der Waals surface area contributed by atoms with E-state index in [4.69, 9.17) is 17.0 Å². The smallest absolute Gasteiger partial charge is 0.216 e. The van der Waals surface area contributed by atoms with Crippen LogP contribution in [0.3, 0.4) is 0 Å². The Balaban J connectivity index is 2.01. The van der Waals surface area contributed by atoms with Gasteiger partial charge in [0, 0.05) is 15.6 Å². The predicted octanol–water partition coefficient (Wildman–Crippen LogP) is 4.67. The molecule has 134 valence electrons. The molecule has 6 nitrogen and oxygen atoms in total. The summed E-state index contributed by atoms with van der Waals surface area (Å²) in [7, 11) is 0. The molecule has 1 aromatic heterocycles. The first-order chi connectivity index (χ1) is 12.5. The minimum absolute atomic E-state index is 0.0192. The summed E-state index contributed by atoms with van der Waals surface area (Å²) in [6, 6.07) is 11.4. The zero-order valence-electron chi connectivity index (χ0n) is 14.2. The normalized spacial score (nSPS) is 11.2. The summed E-state index contributed by atoms with van der Waals surface area (Å²) in [4.78, 5) is 0. The quantitative estimate of drug-likeness (QED) is 0.453. The third-order valence-electron chi connectivity index (χ3n) is 3.64. The summed E-state index contributed by atoms with van der Waals surface area (Å²) in [5, 5.41) is 21.8. The minimum atomic E-state index is 0.0192. The van der Waals surface area contributed by atoms with E-state index in [0.717, 1.165) is 15.6 Å². The Morgan fingerprint density at radius 1 is 1.35 bits per heavy atom. The number of nitrogens with zero attached hydrogens (tertiary/aromatic N) is 3. The fourth-order valence-corrected chi connectivity index (χ4v) is 3.00. The van der Waals surface area contributed by atoms with E-state index in [1.165, 1.54) is 10.9 Å². The molecule has 0 aliphatic heterocycles. The molecule has 0 amide bonds. The number of aryl methyl sites for hydroxylation is 1. The van der Waals surface area contributed by atoms with E-state index in [1.54, 1.807) is 12.1 Å². The summed E-state index contributed by atoms with van der Waals surface area (Å²) in [5.74, 6) is 0.995. The first-order valence-corrected chi connectivity index (χ1v) is 9.14. The van der Waals surface area contributed by atoms with Crippen LogP contribution in [0.25, 0.3) is 11.4 Å². The number of hydrogen-bond donors (Lipinski definition) is 2. The van der Waals surface area contributed by atoms with Crippen molar-refractivity contribution in [2.45, 2.75) is 13.8 Å². The maximum absolute atomic E-state index is 10.4. The molecule has 0 atom stereocenters. The van der Waals surface area contributed by atoms with Gasteiger partial charge in [-0.15, -0.1) is 0 Å². The Morgan fingerprint density at radius 3 is 2.77 bits per heavy atom. The van der Waals surface area contributed by atoms with E-state index < -0.39 is 0 Å². The van der Waals surface area contributed by atoms with Gasteiger partial charge in [-0.1, -0.05) is 45.8 Å². The number of benzene rings is 2. The first-order valence-electron chi connectivity index (χ1n) is 7.93. The summed E-state index contributed by atoms with van der Waals surface area (Å²) in [6.45, 7) is 4.32. The van der Waals surface area contributed by atoms with Crippen molar-refractivity contribution < 1.29 is 9.84 Å². The molecule has 0 spiro atoms. The molecular formula is C18H17BrN4O2S. The molecule has 26 heavy (non-hydrogen) atoms. The van der Waals surface area contributed by atoms with E-state index in [1.807, 2.05) is 38.1 Å². The number of aromatic hydroxyl groups is 1. The second-order valence-electron chi connectivity index (χ2n) is 5.55. The maximum atomic E-state index is 10.4.